The van der Waals surface area contributed by atoms with Crippen LogP contribution in [0.15, 0.2) is 0 Å². The molecular weight excluding hydrogens is 260 g/mol. The zero-order valence-electron chi connectivity index (χ0n) is 12.1. The van der Waals surface area contributed by atoms with Crippen molar-refractivity contribution in [3.05, 3.63) is 0 Å². The molecule has 0 spiro atoms. The largest absolute Gasteiger partial charge is 0.340 e. The number of carbonyl (C=O) groups is 2. The molecule has 0 aromatic heterocycles. The van der Waals surface area contributed by atoms with Crippen LogP contribution in [0.2, 0.25) is 0 Å². The lowest BCUT2D eigenvalue weighted by atomic mass is 9.90. The van der Waals surface area contributed by atoms with Gasteiger partial charge in [-0.1, -0.05) is 6.92 Å². The predicted molar refractivity (Wildman–Crippen MR) is 78.1 cm³/mol. The van der Waals surface area contributed by atoms with E-state index >= 15 is 0 Å². The summed E-state index contributed by atoms with van der Waals surface area (Å²) in [7, 11) is 0. The minimum absolute atomic E-state index is 0.0102. The molecule has 2 rings (SSSR count). The van der Waals surface area contributed by atoms with E-state index < -0.39 is 5.54 Å². The van der Waals surface area contributed by atoms with Crippen molar-refractivity contribution in [1.29, 1.82) is 0 Å². The fraction of sp³-hybridized carbons (Fsp3) is 0.857. The van der Waals surface area contributed by atoms with Crippen molar-refractivity contribution in [3.63, 3.8) is 0 Å². The van der Waals surface area contributed by atoms with E-state index in [-0.39, 0.29) is 24.4 Å². The molecule has 2 atom stereocenters. The Morgan fingerprint density at radius 2 is 2.16 bits per heavy atom. The van der Waals surface area contributed by atoms with Gasteiger partial charge in [-0.3, -0.25) is 9.59 Å². The minimum Gasteiger partial charge on any atom is -0.340 e. The molecular formula is C14H24N2O2S. The normalized spacial score (nSPS) is 29.3. The van der Waals surface area contributed by atoms with Gasteiger partial charge in [-0.05, 0) is 50.5 Å². The second kappa shape index (κ2) is 5.73. The highest BCUT2D eigenvalue weighted by Crippen LogP contribution is 2.41. The lowest BCUT2D eigenvalue weighted by Crippen LogP contribution is -2.67. The summed E-state index contributed by atoms with van der Waals surface area (Å²) >= 11 is 1.88. The highest BCUT2D eigenvalue weighted by molar-refractivity contribution is 7.99. The van der Waals surface area contributed by atoms with Crippen LogP contribution in [0.1, 0.15) is 40.0 Å². The number of hydrogen-bond donors (Lipinski definition) is 1. The van der Waals surface area contributed by atoms with Crippen molar-refractivity contribution in [2.45, 2.75) is 51.6 Å². The van der Waals surface area contributed by atoms with Gasteiger partial charge in [-0.2, -0.15) is 11.8 Å². The Bertz CT molecular complexity index is 370. The molecule has 0 bridgehead atoms. The van der Waals surface area contributed by atoms with Gasteiger partial charge in [0.15, 0.2) is 0 Å². The van der Waals surface area contributed by atoms with Crippen LogP contribution >= 0.6 is 11.8 Å². The number of hydrogen-bond acceptors (Lipinski definition) is 3. The summed E-state index contributed by atoms with van der Waals surface area (Å²) in [5.74, 6) is 2.58. The molecule has 5 heteroatoms. The van der Waals surface area contributed by atoms with Crippen molar-refractivity contribution in [2.24, 2.45) is 5.92 Å². The minimum atomic E-state index is -0.651. The third kappa shape index (κ3) is 3.07. The van der Waals surface area contributed by atoms with Gasteiger partial charge in [0.05, 0.1) is 6.54 Å². The lowest BCUT2D eigenvalue weighted by Gasteiger charge is -2.42. The first-order valence-corrected chi connectivity index (χ1v) is 8.34. The Labute approximate surface area is 119 Å². The van der Waals surface area contributed by atoms with E-state index in [1.807, 2.05) is 18.7 Å². The maximum atomic E-state index is 12.7. The summed E-state index contributed by atoms with van der Waals surface area (Å²) in [5.41, 5.74) is -0.651. The van der Waals surface area contributed by atoms with Gasteiger partial charge < -0.3 is 10.2 Å². The molecule has 19 heavy (non-hydrogen) atoms. The van der Waals surface area contributed by atoms with Crippen molar-refractivity contribution in [3.8, 4) is 0 Å². The summed E-state index contributed by atoms with van der Waals surface area (Å²) in [6.45, 7) is 6.31. The fourth-order valence-corrected chi connectivity index (χ4v) is 3.55. The van der Waals surface area contributed by atoms with Crippen LogP contribution in [0.25, 0.3) is 0 Å². The Morgan fingerprint density at radius 3 is 2.74 bits per heavy atom. The number of amides is 2. The quantitative estimate of drug-likeness (QED) is 0.755. The van der Waals surface area contributed by atoms with Gasteiger partial charge in [0.25, 0.3) is 0 Å². The SMILES string of the molecule is CCSCCC(C)N1CC(=O)NC(C)(C2CC2)C1=O. The monoisotopic (exact) mass is 284 g/mol. The molecule has 108 valence electrons. The number of piperazine rings is 1. The van der Waals surface area contributed by atoms with E-state index in [0.717, 1.165) is 30.8 Å². The Kier molecular flexibility index (Phi) is 4.43. The van der Waals surface area contributed by atoms with Crippen LogP contribution in [-0.2, 0) is 9.59 Å². The molecule has 0 aromatic rings. The van der Waals surface area contributed by atoms with E-state index in [0.29, 0.717) is 5.92 Å². The lowest BCUT2D eigenvalue weighted by molar-refractivity contribution is -0.152. The van der Waals surface area contributed by atoms with E-state index in [4.69, 9.17) is 0 Å². The molecule has 2 unspecified atom stereocenters. The Balaban J connectivity index is 2.02. The summed E-state index contributed by atoms with van der Waals surface area (Å²) in [4.78, 5) is 26.3. The molecule has 1 N–H and O–H groups in total. The Hall–Kier alpha value is -0.710. The molecule has 0 aromatic carbocycles. The molecule has 1 aliphatic carbocycles. The number of nitrogens with one attached hydrogen (secondary N) is 1. The van der Waals surface area contributed by atoms with Gasteiger partial charge in [0.2, 0.25) is 11.8 Å². The van der Waals surface area contributed by atoms with Gasteiger partial charge in [0, 0.05) is 6.04 Å². The molecule has 1 saturated carbocycles. The first-order valence-electron chi connectivity index (χ1n) is 7.19. The van der Waals surface area contributed by atoms with Gasteiger partial charge in [-0.25, -0.2) is 0 Å². The second-order valence-electron chi connectivity index (χ2n) is 5.79. The molecule has 1 heterocycles. The van der Waals surface area contributed by atoms with Gasteiger partial charge in [-0.15, -0.1) is 0 Å². The summed E-state index contributed by atoms with van der Waals surface area (Å²) < 4.78 is 0. The average Bonchev–Trinajstić information content (AvgIpc) is 3.18. The first kappa shape index (κ1) is 14.7. The van der Waals surface area contributed by atoms with E-state index in [1.54, 1.807) is 4.90 Å². The van der Waals surface area contributed by atoms with Crippen LogP contribution in [0.5, 0.6) is 0 Å². The molecule has 0 radical (unpaired) electrons. The van der Waals surface area contributed by atoms with Crippen LogP contribution in [0.4, 0.5) is 0 Å². The molecule has 2 amide bonds. The van der Waals surface area contributed by atoms with Crippen molar-refractivity contribution >= 4 is 23.6 Å². The third-order valence-corrected chi connectivity index (χ3v) is 5.16. The van der Waals surface area contributed by atoms with Gasteiger partial charge >= 0.3 is 0 Å². The van der Waals surface area contributed by atoms with E-state index in [1.165, 1.54) is 0 Å². The molecule has 1 saturated heterocycles. The third-order valence-electron chi connectivity index (χ3n) is 4.23. The summed E-state index contributed by atoms with van der Waals surface area (Å²) in [6.07, 6.45) is 3.06. The first-order chi connectivity index (χ1) is 8.99. The smallest absolute Gasteiger partial charge is 0.249 e. The van der Waals surface area contributed by atoms with E-state index in [2.05, 4.69) is 19.2 Å². The van der Waals surface area contributed by atoms with Crippen LogP contribution in [-0.4, -0.2) is 46.3 Å². The highest BCUT2D eigenvalue weighted by atomic mass is 32.2. The van der Waals surface area contributed by atoms with Crippen molar-refractivity contribution in [2.75, 3.05) is 18.1 Å². The zero-order valence-corrected chi connectivity index (χ0v) is 12.9. The topological polar surface area (TPSA) is 49.4 Å². The number of thioether (sulfide) groups is 1. The van der Waals surface area contributed by atoms with Crippen molar-refractivity contribution < 1.29 is 9.59 Å². The summed E-state index contributed by atoms with van der Waals surface area (Å²) in [6, 6.07) is 0.149. The number of nitrogens with zero attached hydrogens (tertiary/aromatic N) is 1. The van der Waals surface area contributed by atoms with Crippen LogP contribution in [0, 0.1) is 5.92 Å². The predicted octanol–water partition coefficient (Wildman–Crippen LogP) is 1.65. The fourth-order valence-electron chi connectivity index (χ4n) is 2.75. The number of rotatable bonds is 6. The Morgan fingerprint density at radius 1 is 1.47 bits per heavy atom. The van der Waals surface area contributed by atoms with E-state index in [9.17, 15) is 9.59 Å². The zero-order chi connectivity index (χ0) is 14.0. The summed E-state index contributed by atoms with van der Waals surface area (Å²) in [5, 5.41) is 2.92. The highest BCUT2D eigenvalue weighted by Gasteiger charge is 2.53. The average molecular weight is 284 g/mol. The molecule has 2 aliphatic rings. The maximum absolute atomic E-state index is 12.7. The van der Waals surface area contributed by atoms with Crippen LogP contribution < -0.4 is 5.32 Å². The standard InChI is InChI=1S/C14H24N2O2S/c1-4-19-8-7-10(2)16-9-12(17)15-14(3,13(16)18)11-5-6-11/h10-11H,4-9H2,1-3H3,(H,15,17). The maximum Gasteiger partial charge on any atom is 0.249 e. The van der Waals surface area contributed by atoms with Gasteiger partial charge in [0.1, 0.15) is 5.54 Å². The molecule has 1 aliphatic heterocycles. The number of carbonyl (C=O) groups excluding carboxylic acids is 2. The van der Waals surface area contributed by atoms with Crippen LogP contribution in [0.3, 0.4) is 0 Å². The second-order valence-corrected chi connectivity index (χ2v) is 7.19. The molecule has 4 nitrogen and oxygen atoms in total. The molecule has 2 fully saturated rings. The van der Waals surface area contributed by atoms with Crippen molar-refractivity contribution in [1.82, 2.24) is 10.2 Å².